The monoisotopic (exact) mass is 416 g/mol. The number of aryl methyl sites for hydroxylation is 1. The first kappa shape index (κ1) is 22.6. The minimum atomic E-state index is -0.170. The summed E-state index contributed by atoms with van der Waals surface area (Å²) in [6.45, 7) is 3.02. The van der Waals surface area contributed by atoms with Crippen LogP contribution in [0.1, 0.15) is 48.4 Å². The summed E-state index contributed by atoms with van der Waals surface area (Å²) in [4.78, 5) is 27.3. The number of amides is 1. The van der Waals surface area contributed by atoms with E-state index in [1.165, 1.54) is 13.2 Å². The Morgan fingerprint density at radius 1 is 1.21 bits per heavy atom. The number of carbonyl (C=O) groups excluding carboxylic acids is 2. The molecular formula is C22H28N2O4S. The summed E-state index contributed by atoms with van der Waals surface area (Å²) in [7, 11) is 1.40. The van der Waals surface area contributed by atoms with Crippen molar-refractivity contribution in [2.45, 2.75) is 45.6 Å². The van der Waals surface area contributed by atoms with E-state index in [1.807, 2.05) is 36.6 Å². The molecule has 0 aliphatic heterocycles. The molecule has 0 unspecified atom stereocenters. The Hall–Kier alpha value is -2.67. The van der Waals surface area contributed by atoms with E-state index in [0.717, 1.165) is 47.7 Å². The molecule has 2 rings (SSSR count). The second-order valence-corrected chi connectivity index (χ2v) is 7.65. The first-order chi connectivity index (χ1) is 14.1. The quantitative estimate of drug-likeness (QED) is 0.317. The van der Waals surface area contributed by atoms with E-state index in [2.05, 4.69) is 15.0 Å². The summed E-state index contributed by atoms with van der Waals surface area (Å²) in [5.41, 5.74) is 1.81. The highest BCUT2D eigenvalue weighted by atomic mass is 32.1. The fraction of sp³-hybridized carbons (Fsp3) is 0.409. The van der Waals surface area contributed by atoms with Gasteiger partial charge in [-0.25, -0.2) is 4.98 Å². The predicted octanol–water partition coefficient (Wildman–Crippen LogP) is 4.28. The van der Waals surface area contributed by atoms with Crippen LogP contribution in [0.3, 0.4) is 0 Å². The Morgan fingerprint density at radius 3 is 2.79 bits per heavy atom. The number of methoxy groups -OCH3 is 1. The van der Waals surface area contributed by atoms with Gasteiger partial charge in [0.1, 0.15) is 12.4 Å². The lowest BCUT2D eigenvalue weighted by atomic mass is 10.1. The number of unbranched alkanes of at least 4 members (excludes halogenated alkanes) is 3. The first-order valence-corrected chi connectivity index (χ1v) is 10.6. The molecule has 0 bridgehead atoms. The van der Waals surface area contributed by atoms with Crippen molar-refractivity contribution in [2.75, 3.05) is 13.7 Å². The largest absolute Gasteiger partial charge is 0.487 e. The standard InChI is InChI=1S/C22H28N2O4S/c1-17-24-19(16-29-17)15-28-20-9-7-8-18(14-20)11-12-21(25)23-13-6-4-3-5-10-22(26)27-2/h7-9,11-12,14,16H,3-6,10,13,15H2,1-2H3,(H,23,25)/b12-11+. The highest BCUT2D eigenvalue weighted by Gasteiger charge is 2.02. The van der Waals surface area contributed by atoms with Crippen molar-refractivity contribution < 1.29 is 19.1 Å². The minimum absolute atomic E-state index is 0.121. The van der Waals surface area contributed by atoms with Gasteiger partial charge >= 0.3 is 5.97 Å². The van der Waals surface area contributed by atoms with Crippen molar-refractivity contribution in [2.24, 2.45) is 0 Å². The Morgan fingerprint density at radius 2 is 2.03 bits per heavy atom. The number of rotatable bonds is 12. The number of hydrogen-bond acceptors (Lipinski definition) is 6. The molecule has 0 atom stereocenters. The number of thiazole rings is 1. The smallest absolute Gasteiger partial charge is 0.305 e. The van der Waals surface area contributed by atoms with Gasteiger partial charge in [-0.15, -0.1) is 11.3 Å². The molecule has 6 nitrogen and oxygen atoms in total. The molecule has 156 valence electrons. The van der Waals surface area contributed by atoms with Crippen molar-refractivity contribution in [3.8, 4) is 5.75 Å². The molecule has 0 aliphatic carbocycles. The van der Waals surface area contributed by atoms with Crippen molar-refractivity contribution in [3.05, 3.63) is 52.0 Å². The van der Waals surface area contributed by atoms with Crippen molar-refractivity contribution >= 4 is 29.3 Å². The highest BCUT2D eigenvalue weighted by molar-refractivity contribution is 7.09. The van der Waals surface area contributed by atoms with E-state index in [0.29, 0.717) is 19.6 Å². The maximum Gasteiger partial charge on any atom is 0.305 e. The highest BCUT2D eigenvalue weighted by Crippen LogP contribution is 2.17. The summed E-state index contributed by atoms with van der Waals surface area (Å²) in [6.07, 6.45) is 7.39. The van der Waals surface area contributed by atoms with Crippen LogP contribution in [0, 0.1) is 6.92 Å². The van der Waals surface area contributed by atoms with Crippen LogP contribution in [0.4, 0.5) is 0 Å². The van der Waals surface area contributed by atoms with Gasteiger partial charge in [-0.05, 0) is 43.5 Å². The molecule has 1 aromatic heterocycles. The fourth-order valence-corrected chi connectivity index (χ4v) is 3.23. The normalized spacial score (nSPS) is 10.8. The van der Waals surface area contributed by atoms with Crippen LogP contribution in [0.15, 0.2) is 35.7 Å². The van der Waals surface area contributed by atoms with Gasteiger partial charge in [0.15, 0.2) is 0 Å². The molecule has 0 saturated heterocycles. The zero-order valence-electron chi connectivity index (χ0n) is 17.0. The molecule has 0 spiro atoms. The van der Waals surface area contributed by atoms with Crippen LogP contribution in [0.25, 0.3) is 6.08 Å². The third-order valence-electron chi connectivity index (χ3n) is 4.17. The molecule has 1 amide bonds. The minimum Gasteiger partial charge on any atom is -0.487 e. The van der Waals surface area contributed by atoms with Gasteiger partial charge in [-0.2, -0.15) is 0 Å². The molecule has 2 aromatic rings. The van der Waals surface area contributed by atoms with Gasteiger partial charge in [-0.3, -0.25) is 9.59 Å². The van der Waals surface area contributed by atoms with E-state index < -0.39 is 0 Å². The predicted molar refractivity (Wildman–Crippen MR) is 115 cm³/mol. The topological polar surface area (TPSA) is 77.5 Å². The molecule has 0 radical (unpaired) electrons. The van der Waals surface area contributed by atoms with E-state index in [1.54, 1.807) is 17.4 Å². The Balaban J connectivity index is 1.65. The second-order valence-electron chi connectivity index (χ2n) is 6.58. The van der Waals surface area contributed by atoms with Crippen LogP contribution in [-0.4, -0.2) is 30.5 Å². The van der Waals surface area contributed by atoms with Gasteiger partial charge in [0.25, 0.3) is 0 Å². The van der Waals surface area contributed by atoms with Crippen LogP contribution in [0.2, 0.25) is 0 Å². The maximum absolute atomic E-state index is 11.9. The Bertz CT molecular complexity index is 817. The molecule has 0 saturated carbocycles. The molecular weight excluding hydrogens is 388 g/mol. The number of carbonyl (C=O) groups is 2. The number of benzene rings is 1. The molecule has 1 heterocycles. The van der Waals surface area contributed by atoms with Crippen LogP contribution in [0.5, 0.6) is 5.75 Å². The first-order valence-electron chi connectivity index (χ1n) is 9.73. The lowest BCUT2D eigenvalue weighted by Crippen LogP contribution is -2.21. The summed E-state index contributed by atoms with van der Waals surface area (Å²) >= 11 is 1.60. The van der Waals surface area contributed by atoms with Gasteiger partial charge in [-0.1, -0.05) is 25.0 Å². The molecule has 1 N–H and O–H groups in total. The van der Waals surface area contributed by atoms with Gasteiger partial charge in [0.2, 0.25) is 5.91 Å². The number of hydrogen-bond donors (Lipinski definition) is 1. The second kappa shape index (κ2) is 12.7. The van der Waals surface area contributed by atoms with E-state index in [9.17, 15) is 9.59 Å². The zero-order valence-corrected chi connectivity index (χ0v) is 17.8. The number of nitrogens with zero attached hydrogens (tertiary/aromatic N) is 1. The van der Waals surface area contributed by atoms with Crippen LogP contribution < -0.4 is 10.1 Å². The van der Waals surface area contributed by atoms with Crippen molar-refractivity contribution in [1.82, 2.24) is 10.3 Å². The summed E-state index contributed by atoms with van der Waals surface area (Å²) in [5.74, 6) is 0.449. The molecule has 7 heteroatoms. The molecule has 1 aromatic carbocycles. The average molecular weight is 417 g/mol. The van der Waals surface area contributed by atoms with Gasteiger partial charge in [0.05, 0.1) is 17.8 Å². The number of nitrogens with one attached hydrogen (secondary N) is 1. The van der Waals surface area contributed by atoms with E-state index in [4.69, 9.17) is 4.74 Å². The molecule has 0 fully saturated rings. The number of aromatic nitrogens is 1. The third-order valence-corrected chi connectivity index (χ3v) is 5.00. The number of esters is 1. The lowest BCUT2D eigenvalue weighted by molar-refractivity contribution is -0.140. The van der Waals surface area contributed by atoms with E-state index in [-0.39, 0.29) is 11.9 Å². The van der Waals surface area contributed by atoms with Gasteiger partial charge < -0.3 is 14.8 Å². The van der Waals surface area contributed by atoms with Crippen LogP contribution in [-0.2, 0) is 20.9 Å². The number of ether oxygens (including phenoxy) is 2. The van der Waals surface area contributed by atoms with Crippen LogP contribution >= 0.6 is 11.3 Å². The molecule has 29 heavy (non-hydrogen) atoms. The summed E-state index contributed by atoms with van der Waals surface area (Å²) in [5, 5.41) is 5.88. The summed E-state index contributed by atoms with van der Waals surface area (Å²) in [6, 6.07) is 7.60. The summed E-state index contributed by atoms with van der Waals surface area (Å²) < 4.78 is 10.4. The fourth-order valence-electron chi connectivity index (χ4n) is 2.63. The van der Waals surface area contributed by atoms with Crippen molar-refractivity contribution in [1.29, 1.82) is 0 Å². The SMILES string of the molecule is COC(=O)CCCCCCNC(=O)/C=C/c1cccc(OCc2csc(C)n2)c1. The lowest BCUT2D eigenvalue weighted by Gasteiger charge is -2.05. The maximum atomic E-state index is 11.9. The van der Waals surface area contributed by atoms with Gasteiger partial charge in [0, 0.05) is 24.4 Å². The Kier molecular flexibility index (Phi) is 9.92. The third kappa shape index (κ3) is 9.38. The van der Waals surface area contributed by atoms with E-state index >= 15 is 0 Å². The average Bonchev–Trinajstić information content (AvgIpc) is 3.15. The van der Waals surface area contributed by atoms with Crippen molar-refractivity contribution in [3.63, 3.8) is 0 Å². The zero-order chi connectivity index (χ0) is 20.9. The Labute approximate surface area is 176 Å². The molecule has 0 aliphatic rings.